The average molecular weight is 232 g/mol. The van der Waals surface area contributed by atoms with Gasteiger partial charge in [0.1, 0.15) is 11.6 Å². The summed E-state index contributed by atoms with van der Waals surface area (Å²) in [7, 11) is 0. The number of nitrogen functional groups attached to an aromatic ring is 1. The van der Waals surface area contributed by atoms with E-state index >= 15 is 0 Å². The molecule has 0 amide bonds. The molecular weight excluding hydrogens is 212 g/mol. The average Bonchev–Trinajstić information content (AvgIpc) is 3.12. The third kappa shape index (κ3) is 2.40. The first-order valence-corrected chi connectivity index (χ1v) is 6.73. The molecule has 0 saturated heterocycles. The minimum absolute atomic E-state index is 0.412. The molecular formula is C13H20N4. The van der Waals surface area contributed by atoms with E-state index in [4.69, 9.17) is 5.73 Å². The van der Waals surface area contributed by atoms with Crippen molar-refractivity contribution < 1.29 is 0 Å². The summed E-state index contributed by atoms with van der Waals surface area (Å²) in [6, 6.07) is 0. The van der Waals surface area contributed by atoms with E-state index in [1.165, 1.54) is 38.5 Å². The van der Waals surface area contributed by atoms with Crippen LogP contribution in [0.4, 0.5) is 5.95 Å². The van der Waals surface area contributed by atoms with Crippen molar-refractivity contribution in [1.29, 1.82) is 0 Å². The first-order valence-electron chi connectivity index (χ1n) is 6.73. The third-order valence-corrected chi connectivity index (χ3v) is 3.93. The molecule has 1 aromatic rings. The number of hydrogen-bond acceptors (Lipinski definition) is 4. The second kappa shape index (κ2) is 4.24. The lowest BCUT2D eigenvalue weighted by Crippen LogP contribution is -2.16. The first-order chi connectivity index (χ1) is 8.22. The number of rotatable bonds is 2. The van der Waals surface area contributed by atoms with Gasteiger partial charge in [0.2, 0.25) is 5.95 Å². The van der Waals surface area contributed by atoms with Crippen LogP contribution in [0.3, 0.4) is 0 Å². The largest absolute Gasteiger partial charge is 0.368 e. The smallest absolute Gasteiger partial charge is 0.223 e. The Morgan fingerprint density at radius 2 is 1.65 bits per heavy atom. The highest BCUT2D eigenvalue weighted by Crippen LogP contribution is 2.39. The lowest BCUT2D eigenvalue weighted by atomic mass is 9.82. The molecule has 2 N–H and O–H groups in total. The Labute approximate surface area is 102 Å². The number of anilines is 1. The Bertz CT molecular complexity index is 414. The normalized spacial score (nSPS) is 29.2. The van der Waals surface area contributed by atoms with Crippen LogP contribution in [-0.4, -0.2) is 15.0 Å². The summed E-state index contributed by atoms with van der Waals surface area (Å²) < 4.78 is 0. The minimum atomic E-state index is 0.412. The fourth-order valence-corrected chi connectivity index (χ4v) is 2.80. The van der Waals surface area contributed by atoms with Crippen molar-refractivity contribution in [3.63, 3.8) is 0 Å². The van der Waals surface area contributed by atoms with E-state index in [0.717, 1.165) is 17.6 Å². The van der Waals surface area contributed by atoms with Gasteiger partial charge in [-0.15, -0.1) is 0 Å². The van der Waals surface area contributed by atoms with E-state index in [1.807, 2.05) is 0 Å². The predicted octanol–water partition coefficient (Wildman–Crippen LogP) is 2.62. The van der Waals surface area contributed by atoms with Crippen molar-refractivity contribution in [1.82, 2.24) is 15.0 Å². The van der Waals surface area contributed by atoms with Crippen molar-refractivity contribution in [3.05, 3.63) is 11.6 Å². The molecule has 0 spiro atoms. The van der Waals surface area contributed by atoms with Gasteiger partial charge in [-0.1, -0.05) is 19.8 Å². The van der Waals surface area contributed by atoms with Crippen LogP contribution in [0, 0.1) is 5.92 Å². The minimum Gasteiger partial charge on any atom is -0.368 e. The zero-order chi connectivity index (χ0) is 11.8. The van der Waals surface area contributed by atoms with E-state index in [0.29, 0.717) is 17.8 Å². The van der Waals surface area contributed by atoms with E-state index in [2.05, 4.69) is 21.9 Å². The summed E-state index contributed by atoms with van der Waals surface area (Å²) in [6.07, 6.45) is 7.46. The van der Waals surface area contributed by atoms with Crippen LogP contribution in [-0.2, 0) is 0 Å². The van der Waals surface area contributed by atoms with Gasteiger partial charge in [-0.2, -0.15) is 9.97 Å². The second-order valence-corrected chi connectivity index (χ2v) is 5.65. The van der Waals surface area contributed by atoms with Gasteiger partial charge in [0.15, 0.2) is 0 Å². The molecule has 2 unspecified atom stereocenters. The maximum atomic E-state index is 5.80. The molecule has 17 heavy (non-hydrogen) atoms. The van der Waals surface area contributed by atoms with Gasteiger partial charge < -0.3 is 5.73 Å². The number of aromatic nitrogens is 3. The van der Waals surface area contributed by atoms with Gasteiger partial charge in [-0.3, -0.25) is 0 Å². The summed E-state index contributed by atoms with van der Waals surface area (Å²) in [5.41, 5.74) is 5.80. The van der Waals surface area contributed by atoms with Crippen LogP contribution in [0.15, 0.2) is 0 Å². The molecule has 2 fully saturated rings. The van der Waals surface area contributed by atoms with Crippen LogP contribution in [0.1, 0.15) is 68.9 Å². The standard InChI is InChI=1S/C13H20N4/c1-8-3-2-4-10(7-8)12-15-11(9-5-6-9)16-13(14)17-12/h8-10H,2-7H2,1H3,(H2,14,15,16,17). The van der Waals surface area contributed by atoms with Crippen molar-refractivity contribution >= 4 is 5.95 Å². The predicted molar refractivity (Wildman–Crippen MR) is 66.6 cm³/mol. The highest BCUT2D eigenvalue weighted by atomic mass is 15.1. The third-order valence-electron chi connectivity index (χ3n) is 3.93. The van der Waals surface area contributed by atoms with Crippen LogP contribution < -0.4 is 5.73 Å². The van der Waals surface area contributed by atoms with E-state index < -0.39 is 0 Å². The summed E-state index contributed by atoms with van der Waals surface area (Å²) >= 11 is 0. The summed E-state index contributed by atoms with van der Waals surface area (Å²) in [5.74, 6) is 4.14. The van der Waals surface area contributed by atoms with Gasteiger partial charge >= 0.3 is 0 Å². The van der Waals surface area contributed by atoms with E-state index in [1.54, 1.807) is 0 Å². The zero-order valence-corrected chi connectivity index (χ0v) is 10.4. The molecule has 2 saturated carbocycles. The quantitative estimate of drug-likeness (QED) is 0.851. The van der Waals surface area contributed by atoms with Gasteiger partial charge in [-0.05, 0) is 31.6 Å². The summed E-state index contributed by atoms with van der Waals surface area (Å²) in [5, 5.41) is 0. The Morgan fingerprint density at radius 1 is 0.941 bits per heavy atom. The van der Waals surface area contributed by atoms with Crippen LogP contribution in [0.25, 0.3) is 0 Å². The molecule has 0 aliphatic heterocycles. The molecule has 92 valence electrons. The molecule has 1 aromatic heterocycles. The SMILES string of the molecule is CC1CCCC(c2nc(N)nc(C3CC3)n2)C1. The molecule has 2 aliphatic rings. The van der Waals surface area contributed by atoms with Gasteiger partial charge in [0.25, 0.3) is 0 Å². The van der Waals surface area contributed by atoms with E-state index in [9.17, 15) is 0 Å². The zero-order valence-electron chi connectivity index (χ0n) is 10.4. The lowest BCUT2D eigenvalue weighted by Gasteiger charge is -2.25. The molecule has 4 heteroatoms. The summed E-state index contributed by atoms with van der Waals surface area (Å²) in [6.45, 7) is 2.32. The highest BCUT2D eigenvalue weighted by Gasteiger charge is 2.29. The van der Waals surface area contributed by atoms with Crippen molar-refractivity contribution in [3.8, 4) is 0 Å². The highest BCUT2D eigenvalue weighted by molar-refractivity contribution is 5.21. The van der Waals surface area contributed by atoms with Crippen LogP contribution >= 0.6 is 0 Å². The maximum absolute atomic E-state index is 5.80. The fourth-order valence-electron chi connectivity index (χ4n) is 2.80. The van der Waals surface area contributed by atoms with Gasteiger partial charge in [0, 0.05) is 11.8 Å². The molecule has 1 heterocycles. The molecule has 0 radical (unpaired) electrons. The molecule has 2 aliphatic carbocycles. The van der Waals surface area contributed by atoms with Gasteiger partial charge in [0.05, 0.1) is 0 Å². The van der Waals surface area contributed by atoms with E-state index in [-0.39, 0.29) is 0 Å². The molecule has 0 aromatic carbocycles. The molecule has 2 atom stereocenters. The van der Waals surface area contributed by atoms with Crippen molar-refractivity contribution in [2.45, 2.75) is 57.3 Å². The maximum Gasteiger partial charge on any atom is 0.223 e. The van der Waals surface area contributed by atoms with Crippen LogP contribution in [0.2, 0.25) is 0 Å². The molecule has 4 nitrogen and oxygen atoms in total. The fraction of sp³-hybridized carbons (Fsp3) is 0.769. The second-order valence-electron chi connectivity index (χ2n) is 5.65. The van der Waals surface area contributed by atoms with Crippen LogP contribution in [0.5, 0.6) is 0 Å². The lowest BCUT2D eigenvalue weighted by molar-refractivity contribution is 0.334. The number of nitrogens with two attached hydrogens (primary N) is 1. The van der Waals surface area contributed by atoms with Crippen molar-refractivity contribution in [2.75, 3.05) is 5.73 Å². The summed E-state index contributed by atoms with van der Waals surface area (Å²) in [4.78, 5) is 13.3. The monoisotopic (exact) mass is 232 g/mol. The Morgan fingerprint density at radius 3 is 2.29 bits per heavy atom. The Balaban J connectivity index is 1.85. The topological polar surface area (TPSA) is 64.7 Å². The number of hydrogen-bond donors (Lipinski definition) is 1. The molecule has 3 rings (SSSR count). The molecule has 0 bridgehead atoms. The Kier molecular flexibility index (Phi) is 2.73. The Hall–Kier alpha value is -1.19. The van der Waals surface area contributed by atoms with Crippen molar-refractivity contribution in [2.24, 2.45) is 5.92 Å². The van der Waals surface area contributed by atoms with Gasteiger partial charge in [-0.25, -0.2) is 4.98 Å². The number of nitrogens with zero attached hydrogens (tertiary/aromatic N) is 3. The first kappa shape index (κ1) is 10.9.